The van der Waals surface area contributed by atoms with Crippen LogP contribution in [0.2, 0.25) is 0 Å². The van der Waals surface area contributed by atoms with Crippen molar-refractivity contribution in [1.29, 1.82) is 0 Å². The first-order valence-electron chi connectivity index (χ1n) is 8.96. The van der Waals surface area contributed by atoms with Crippen LogP contribution < -0.4 is 5.56 Å². The van der Waals surface area contributed by atoms with Crippen molar-refractivity contribution in [3.63, 3.8) is 0 Å². The fraction of sp³-hybridized carbons (Fsp3) is 0.150. The van der Waals surface area contributed by atoms with Crippen molar-refractivity contribution in [1.82, 2.24) is 30.3 Å². The highest BCUT2D eigenvalue weighted by atomic mass is 16.2. The predicted octanol–water partition coefficient (Wildman–Crippen LogP) is 1.91. The summed E-state index contributed by atoms with van der Waals surface area (Å²) in [4.78, 5) is 34.7. The molecule has 138 valence electrons. The third-order valence-corrected chi connectivity index (χ3v) is 4.97. The van der Waals surface area contributed by atoms with E-state index in [0.717, 1.165) is 11.3 Å². The molecule has 1 aliphatic rings. The van der Waals surface area contributed by atoms with Gasteiger partial charge in [-0.05, 0) is 18.2 Å². The minimum absolute atomic E-state index is 0.137. The van der Waals surface area contributed by atoms with Crippen LogP contribution in [-0.4, -0.2) is 42.7 Å². The van der Waals surface area contributed by atoms with Crippen LogP contribution in [0.25, 0.3) is 22.4 Å². The molecule has 0 fully saturated rings. The van der Waals surface area contributed by atoms with Crippen molar-refractivity contribution in [3.8, 4) is 11.4 Å². The normalized spacial score (nSPS) is 13.5. The molecule has 0 atom stereocenters. The molecule has 8 nitrogen and oxygen atoms in total. The number of benzene rings is 2. The van der Waals surface area contributed by atoms with E-state index in [2.05, 4.69) is 25.4 Å². The molecule has 0 bridgehead atoms. The summed E-state index contributed by atoms with van der Waals surface area (Å²) in [5, 5.41) is 10.6. The largest absolute Gasteiger partial charge is 0.334 e. The Bertz CT molecular complexity index is 1240. The van der Waals surface area contributed by atoms with Crippen molar-refractivity contribution >= 4 is 16.9 Å². The molecule has 2 N–H and O–H groups in total. The van der Waals surface area contributed by atoms with E-state index < -0.39 is 0 Å². The van der Waals surface area contributed by atoms with Crippen molar-refractivity contribution in [2.24, 2.45) is 0 Å². The molecule has 2 aromatic heterocycles. The summed E-state index contributed by atoms with van der Waals surface area (Å²) in [7, 11) is 0. The van der Waals surface area contributed by atoms with Gasteiger partial charge in [0.2, 0.25) is 0 Å². The molecular formula is C20H16N6O2. The second-order valence-corrected chi connectivity index (χ2v) is 6.71. The first-order valence-corrected chi connectivity index (χ1v) is 8.96. The van der Waals surface area contributed by atoms with Crippen LogP contribution in [0.4, 0.5) is 0 Å². The Labute approximate surface area is 159 Å². The Morgan fingerprint density at radius 1 is 1.04 bits per heavy atom. The summed E-state index contributed by atoms with van der Waals surface area (Å²) >= 11 is 0. The van der Waals surface area contributed by atoms with Crippen LogP contribution in [0.5, 0.6) is 0 Å². The maximum Gasteiger partial charge on any atom is 0.256 e. The lowest BCUT2D eigenvalue weighted by Gasteiger charge is -2.28. The highest BCUT2D eigenvalue weighted by Gasteiger charge is 2.25. The zero-order chi connectivity index (χ0) is 19.1. The average molecular weight is 372 g/mol. The van der Waals surface area contributed by atoms with E-state index in [-0.39, 0.29) is 18.0 Å². The van der Waals surface area contributed by atoms with E-state index in [9.17, 15) is 9.59 Å². The molecule has 8 heteroatoms. The van der Waals surface area contributed by atoms with Gasteiger partial charge in [0.05, 0.1) is 17.8 Å². The summed E-state index contributed by atoms with van der Waals surface area (Å²) in [6.45, 7) is 0.746. The fourth-order valence-corrected chi connectivity index (χ4v) is 3.49. The molecule has 2 aromatic carbocycles. The van der Waals surface area contributed by atoms with Gasteiger partial charge in [-0.1, -0.05) is 30.3 Å². The highest BCUT2D eigenvalue weighted by molar-refractivity contribution is 5.97. The number of rotatable bonds is 2. The molecule has 0 saturated heterocycles. The number of hydrogen-bond donors (Lipinski definition) is 2. The summed E-state index contributed by atoms with van der Waals surface area (Å²) in [6, 6.07) is 14.7. The summed E-state index contributed by atoms with van der Waals surface area (Å²) in [5.74, 6) is 0.419. The lowest BCUT2D eigenvalue weighted by atomic mass is 10.0. The van der Waals surface area contributed by atoms with Crippen molar-refractivity contribution in [2.75, 3.05) is 6.54 Å². The van der Waals surface area contributed by atoms with E-state index in [4.69, 9.17) is 0 Å². The Balaban J connectivity index is 1.45. The first kappa shape index (κ1) is 16.4. The number of aromatic amines is 2. The van der Waals surface area contributed by atoms with Gasteiger partial charge in [0, 0.05) is 24.1 Å². The number of nitrogens with one attached hydrogen (secondary N) is 2. The average Bonchev–Trinajstić information content (AvgIpc) is 3.21. The molecule has 5 rings (SSSR count). The number of amides is 1. The number of nitrogens with zero attached hydrogens (tertiary/aromatic N) is 4. The van der Waals surface area contributed by atoms with Gasteiger partial charge in [-0.3, -0.25) is 9.59 Å². The SMILES string of the molecule is O=C(c1ccc2n[nH]nc2c1)N1CCc2nc(-c3ccccc3)[nH]c(=O)c2C1. The Hall–Kier alpha value is -3.81. The zero-order valence-corrected chi connectivity index (χ0v) is 14.8. The fourth-order valence-electron chi connectivity index (χ4n) is 3.49. The van der Waals surface area contributed by atoms with Gasteiger partial charge < -0.3 is 9.88 Å². The van der Waals surface area contributed by atoms with Gasteiger partial charge in [-0.25, -0.2) is 4.98 Å². The number of H-pyrrole nitrogens is 2. The second kappa shape index (κ2) is 6.41. The van der Waals surface area contributed by atoms with E-state index in [1.54, 1.807) is 23.1 Å². The van der Waals surface area contributed by atoms with Gasteiger partial charge >= 0.3 is 0 Å². The molecule has 0 radical (unpaired) electrons. The molecule has 3 heterocycles. The molecular weight excluding hydrogens is 356 g/mol. The lowest BCUT2D eigenvalue weighted by Crippen LogP contribution is -2.39. The van der Waals surface area contributed by atoms with Crippen LogP contribution in [-0.2, 0) is 13.0 Å². The van der Waals surface area contributed by atoms with Crippen LogP contribution in [0.15, 0.2) is 53.3 Å². The molecule has 0 aliphatic carbocycles. The highest BCUT2D eigenvalue weighted by Crippen LogP contribution is 2.20. The minimum Gasteiger partial charge on any atom is -0.334 e. The third kappa shape index (κ3) is 2.75. The summed E-state index contributed by atoms with van der Waals surface area (Å²) in [5.41, 5.74) is 3.82. The van der Waals surface area contributed by atoms with Gasteiger partial charge in [0.1, 0.15) is 16.9 Å². The van der Waals surface area contributed by atoms with E-state index in [0.29, 0.717) is 41.0 Å². The Morgan fingerprint density at radius 2 is 1.86 bits per heavy atom. The van der Waals surface area contributed by atoms with Gasteiger partial charge in [-0.15, -0.1) is 0 Å². The quantitative estimate of drug-likeness (QED) is 0.559. The minimum atomic E-state index is -0.201. The van der Waals surface area contributed by atoms with Crippen LogP contribution in [0.3, 0.4) is 0 Å². The van der Waals surface area contributed by atoms with Crippen LogP contribution >= 0.6 is 0 Å². The smallest absolute Gasteiger partial charge is 0.256 e. The molecule has 0 unspecified atom stereocenters. The molecule has 1 aliphatic heterocycles. The Kier molecular flexibility index (Phi) is 3.75. The van der Waals surface area contributed by atoms with Crippen LogP contribution in [0, 0.1) is 0 Å². The predicted molar refractivity (Wildman–Crippen MR) is 103 cm³/mol. The van der Waals surface area contributed by atoms with Crippen molar-refractivity contribution in [3.05, 3.63) is 75.7 Å². The molecule has 0 saturated carbocycles. The van der Waals surface area contributed by atoms with Gasteiger partial charge in [0.25, 0.3) is 11.5 Å². The standard InChI is InChI=1S/C20H16N6O2/c27-19-14-11-26(20(28)13-6-7-16-17(10-13)24-25-23-16)9-8-15(14)21-18(22-19)12-4-2-1-3-5-12/h1-7,10H,8-9,11H2,(H,21,22,27)(H,23,24,25). The monoisotopic (exact) mass is 372 g/mol. The lowest BCUT2D eigenvalue weighted by molar-refractivity contribution is 0.0733. The van der Waals surface area contributed by atoms with Crippen molar-refractivity contribution in [2.45, 2.75) is 13.0 Å². The van der Waals surface area contributed by atoms with Gasteiger partial charge in [-0.2, -0.15) is 15.4 Å². The topological polar surface area (TPSA) is 108 Å². The van der Waals surface area contributed by atoms with E-state index in [1.165, 1.54) is 0 Å². The van der Waals surface area contributed by atoms with Gasteiger partial charge in [0.15, 0.2) is 0 Å². The number of carbonyl (C=O) groups is 1. The van der Waals surface area contributed by atoms with Crippen LogP contribution in [0.1, 0.15) is 21.6 Å². The summed E-state index contributed by atoms with van der Waals surface area (Å²) < 4.78 is 0. The van der Waals surface area contributed by atoms with E-state index in [1.807, 2.05) is 30.3 Å². The summed E-state index contributed by atoms with van der Waals surface area (Å²) in [6.07, 6.45) is 0.539. The molecule has 1 amide bonds. The maximum absolute atomic E-state index is 12.9. The Morgan fingerprint density at radius 3 is 2.71 bits per heavy atom. The number of aromatic nitrogens is 5. The maximum atomic E-state index is 12.9. The third-order valence-electron chi connectivity index (χ3n) is 4.97. The van der Waals surface area contributed by atoms with E-state index >= 15 is 0 Å². The number of fused-ring (bicyclic) bond motifs is 2. The number of hydrogen-bond acceptors (Lipinski definition) is 5. The zero-order valence-electron chi connectivity index (χ0n) is 14.8. The number of carbonyl (C=O) groups excluding carboxylic acids is 1. The first-order chi connectivity index (χ1) is 13.7. The van der Waals surface area contributed by atoms with Crippen molar-refractivity contribution < 1.29 is 4.79 Å². The molecule has 28 heavy (non-hydrogen) atoms. The molecule has 4 aromatic rings. The molecule has 0 spiro atoms. The second-order valence-electron chi connectivity index (χ2n) is 6.71.